The Morgan fingerprint density at radius 1 is 1.26 bits per heavy atom. The number of hydrogen-bond acceptors (Lipinski definition) is 5. The average Bonchev–Trinajstić information content (AvgIpc) is 2.60. The largest absolute Gasteiger partial charge is 0.496 e. The van der Waals surface area contributed by atoms with Crippen LogP contribution in [0.25, 0.3) is 0 Å². The van der Waals surface area contributed by atoms with Gasteiger partial charge in [-0.3, -0.25) is 4.72 Å². The molecule has 0 saturated heterocycles. The van der Waals surface area contributed by atoms with Crippen molar-refractivity contribution in [2.75, 3.05) is 17.6 Å². The van der Waals surface area contributed by atoms with E-state index in [1.54, 1.807) is 18.2 Å². The van der Waals surface area contributed by atoms with Crippen molar-refractivity contribution in [2.45, 2.75) is 11.3 Å². The predicted octanol–water partition coefficient (Wildman–Crippen LogP) is 2.61. The number of aromatic carboxylic acids is 1. The number of ether oxygens (including phenoxy) is 1. The lowest BCUT2D eigenvalue weighted by molar-refractivity contribution is 0.0696. The van der Waals surface area contributed by atoms with E-state index in [9.17, 15) is 22.0 Å². The molecule has 0 amide bonds. The molecule has 3 N–H and O–H groups in total. The minimum absolute atomic E-state index is 0.112. The van der Waals surface area contributed by atoms with Crippen LogP contribution in [0.1, 0.15) is 15.9 Å². The van der Waals surface area contributed by atoms with Crippen molar-refractivity contribution in [2.24, 2.45) is 0 Å². The molecule has 8 nitrogen and oxygen atoms in total. The summed E-state index contributed by atoms with van der Waals surface area (Å²) in [5, 5.41) is 9.40. The van der Waals surface area contributed by atoms with Crippen LogP contribution in [0.3, 0.4) is 0 Å². The van der Waals surface area contributed by atoms with E-state index < -0.39 is 27.1 Å². The van der Waals surface area contributed by atoms with E-state index in [2.05, 4.69) is 4.72 Å². The Hall–Kier alpha value is -2.14. The van der Waals surface area contributed by atoms with Crippen LogP contribution in [0.5, 0.6) is 5.75 Å². The summed E-state index contributed by atoms with van der Waals surface area (Å²) in [6, 6.07) is 8.03. The van der Waals surface area contributed by atoms with Crippen LogP contribution in [-0.2, 0) is 27.5 Å². The van der Waals surface area contributed by atoms with Gasteiger partial charge in [-0.05, 0) is 42.3 Å². The van der Waals surface area contributed by atoms with Crippen LogP contribution in [0.15, 0.2) is 41.3 Å². The lowest BCUT2D eigenvalue weighted by Gasteiger charge is -2.13. The van der Waals surface area contributed by atoms with E-state index in [0.29, 0.717) is 16.3 Å². The van der Waals surface area contributed by atoms with Gasteiger partial charge in [-0.2, -0.15) is 0 Å². The van der Waals surface area contributed by atoms with Crippen molar-refractivity contribution >= 4 is 44.4 Å². The zero-order valence-electron chi connectivity index (χ0n) is 14.0. The summed E-state index contributed by atoms with van der Waals surface area (Å²) in [7, 11) is -2.45. The standard InChI is InChI=1S/C16H16ClNO7S2/c1-25-14-9-12(17)4-2-10(14)6-7-27(23,24)18-13-5-3-11(16(19)20)8-15(13)26(21)22/h2-5,8-9,18H,6-7H2,1H3,(H,19,20)(H,21,22). The van der Waals surface area contributed by atoms with Crippen molar-refractivity contribution in [1.29, 1.82) is 0 Å². The summed E-state index contributed by atoms with van der Waals surface area (Å²) < 4.78 is 52.9. The third-order valence-electron chi connectivity index (χ3n) is 3.57. The molecule has 0 bridgehead atoms. The van der Waals surface area contributed by atoms with Crippen LogP contribution < -0.4 is 9.46 Å². The molecular formula is C16H16ClNO7S2. The zero-order valence-corrected chi connectivity index (χ0v) is 16.4. The number of anilines is 1. The maximum Gasteiger partial charge on any atom is 0.335 e. The van der Waals surface area contributed by atoms with Gasteiger partial charge in [-0.1, -0.05) is 17.7 Å². The molecule has 0 aliphatic rings. The second-order valence-corrected chi connectivity index (χ2v) is 8.61. The van der Waals surface area contributed by atoms with E-state index >= 15 is 0 Å². The molecule has 27 heavy (non-hydrogen) atoms. The quantitative estimate of drug-likeness (QED) is 0.545. The number of hydrogen-bond donors (Lipinski definition) is 3. The highest BCUT2D eigenvalue weighted by Gasteiger charge is 2.18. The van der Waals surface area contributed by atoms with Crippen LogP contribution in [0.2, 0.25) is 5.02 Å². The topological polar surface area (TPSA) is 130 Å². The van der Waals surface area contributed by atoms with Crippen molar-refractivity contribution in [3.05, 3.63) is 52.5 Å². The number of sulfonamides is 1. The van der Waals surface area contributed by atoms with E-state index in [0.717, 1.165) is 18.2 Å². The zero-order chi connectivity index (χ0) is 20.2. The molecule has 0 fully saturated rings. The Kier molecular flexibility index (Phi) is 6.82. The number of halogens is 1. The van der Waals surface area contributed by atoms with Crippen LogP contribution >= 0.6 is 11.6 Å². The van der Waals surface area contributed by atoms with Gasteiger partial charge < -0.3 is 14.4 Å². The molecule has 0 saturated carbocycles. The van der Waals surface area contributed by atoms with Gasteiger partial charge in [-0.15, -0.1) is 0 Å². The van der Waals surface area contributed by atoms with Gasteiger partial charge in [0, 0.05) is 5.02 Å². The summed E-state index contributed by atoms with van der Waals surface area (Å²) in [6.07, 6.45) is 0.112. The highest BCUT2D eigenvalue weighted by Crippen LogP contribution is 2.25. The first kappa shape index (κ1) is 21.2. The average molecular weight is 434 g/mol. The summed E-state index contributed by atoms with van der Waals surface area (Å²) >= 11 is 3.30. The predicted molar refractivity (Wildman–Crippen MR) is 102 cm³/mol. The van der Waals surface area contributed by atoms with Crippen LogP contribution in [-0.4, -0.2) is 41.1 Å². The van der Waals surface area contributed by atoms with E-state index in [1.165, 1.54) is 7.11 Å². The number of aryl methyl sites for hydroxylation is 1. The highest BCUT2D eigenvalue weighted by molar-refractivity contribution is 7.92. The second-order valence-electron chi connectivity index (χ2n) is 5.39. The normalized spacial score (nSPS) is 12.4. The number of carboxylic acid groups (broad SMARTS) is 1. The number of nitrogens with one attached hydrogen (secondary N) is 1. The summed E-state index contributed by atoms with van der Waals surface area (Å²) in [5.41, 5.74) is 0.226. The van der Waals surface area contributed by atoms with Crippen molar-refractivity contribution < 1.29 is 31.8 Å². The molecule has 0 heterocycles. The van der Waals surface area contributed by atoms with Crippen molar-refractivity contribution in [3.63, 3.8) is 0 Å². The summed E-state index contributed by atoms with van der Waals surface area (Å²) in [4.78, 5) is 10.6. The fourth-order valence-electron chi connectivity index (χ4n) is 2.27. The molecule has 0 aromatic heterocycles. The maximum absolute atomic E-state index is 12.4. The minimum atomic E-state index is -3.89. The molecule has 0 spiro atoms. The number of carboxylic acids is 1. The molecule has 1 atom stereocenters. The smallest absolute Gasteiger partial charge is 0.335 e. The van der Waals surface area contributed by atoms with Gasteiger partial charge in [0.2, 0.25) is 10.0 Å². The monoisotopic (exact) mass is 433 g/mol. The van der Waals surface area contributed by atoms with E-state index in [-0.39, 0.29) is 28.3 Å². The Morgan fingerprint density at radius 3 is 2.56 bits per heavy atom. The number of methoxy groups -OCH3 is 1. The van der Waals surface area contributed by atoms with E-state index in [4.69, 9.17) is 21.4 Å². The minimum Gasteiger partial charge on any atom is -0.496 e. The van der Waals surface area contributed by atoms with Gasteiger partial charge in [0.15, 0.2) is 11.1 Å². The van der Waals surface area contributed by atoms with Gasteiger partial charge in [0.1, 0.15) is 5.75 Å². The molecule has 2 aromatic rings. The summed E-state index contributed by atoms with van der Waals surface area (Å²) in [5.74, 6) is -1.19. The van der Waals surface area contributed by atoms with Crippen LogP contribution in [0.4, 0.5) is 5.69 Å². The van der Waals surface area contributed by atoms with Crippen molar-refractivity contribution in [3.8, 4) is 5.75 Å². The molecule has 0 aliphatic carbocycles. The Balaban J connectivity index is 2.21. The second kappa shape index (κ2) is 8.70. The number of rotatable bonds is 8. The van der Waals surface area contributed by atoms with Gasteiger partial charge in [-0.25, -0.2) is 17.4 Å². The molecule has 2 aromatic carbocycles. The molecule has 0 aliphatic heterocycles. The first-order valence-corrected chi connectivity index (χ1v) is 10.6. The third-order valence-corrected chi connectivity index (χ3v) is 5.79. The molecule has 146 valence electrons. The molecule has 1 unspecified atom stereocenters. The molecule has 11 heteroatoms. The van der Waals surface area contributed by atoms with Crippen molar-refractivity contribution in [1.82, 2.24) is 0 Å². The lowest BCUT2D eigenvalue weighted by Crippen LogP contribution is -2.19. The third kappa shape index (κ3) is 5.67. The SMILES string of the molecule is COc1cc(Cl)ccc1CCS(=O)(=O)Nc1ccc(C(=O)O)cc1S(=O)O. The molecule has 0 radical (unpaired) electrons. The fraction of sp³-hybridized carbons (Fsp3) is 0.188. The first-order valence-electron chi connectivity index (χ1n) is 7.44. The van der Waals surface area contributed by atoms with Gasteiger partial charge in [0.25, 0.3) is 0 Å². The van der Waals surface area contributed by atoms with E-state index in [1.807, 2.05) is 0 Å². The Bertz CT molecular complexity index is 992. The molecule has 2 rings (SSSR count). The fourth-order valence-corrected chi connectivity index (χ4v) is 4.14. The highest BCUT2D eigenvalue weighted by atomic mass is 35.5. The number of carbonyl (C=O) groups is 1. The maximum atomic E-state index is 12.4. The first-order chi connectivity index (χ1) is 12.6. The van der Waals surface area contributed by atoms with Gasteiger partial charge in [0.05, 0.1) is 29.0 Å². The lowest BCUT2D eigenvalue weighted by atomic mass is 10.1. The summed E-state index contributed by atoms with van der Waals surface area (Å²) in [6.45, 7) is 0. The Labute approximate surface area is 163 Å². The Morgan fingerprint density at radius 2 is 1.96 bits per heavy atom. The molecular weight excluding hydrogens is 418 g/mol. The van der Waals surface area contributed by atoms with Crippen LogP contribution in [0, 0.1) is 0 Å². The number of benzene rings is 2. The van der Waals surface area contributed by atoms with Gasteiger partial charge >= 0.3 is 5.97 Å².